The molecule has 2 rings (SSSR count). The number of hydrogen-bond donors (Lipinski definition) is 0. The van der Waals surface area contributed by atoms with Crippen molar-refractivity contribution in [2.24, 2.45) is 0 Å². The summed E-state index contributed by atoms with van der Waals surface area (Å²) < 4.78 is 0. The Morgan fingerprint density at radius 2 is 0.917 bits per heavy atom. The van der Waals surface area contributed by atoms with E-state index in [2.05, 4.69) is 88.4 Å². The Bertz CT molecular complexity index is 530. The van der Waals surface area contributed by atoms with Crippen LogP contribution >= 0.6 is 0 Å². The summed E-state index contributed by atoms with van der Waals surface area (Å²) in [6.45, 7) is 9.61. The Morgan fingerprint density at radius 1 is 0.583 bits per heavy atom. The first-order chi connectivity index (χ1) is 11.6. The zero-order chi connectivity index (χ0) is 17.5. The summed E-state index contributed by atoms with van der Waals surface area (Å²) in [5.74, 6) is 0. The first kappa shape index (κ1) is 18.8. The maximum atomic E-state index is 2.50. The van der Waals surface area contributed by atoms with Crippen molar-refractivity contribution in [3.05, 3.63) is 71.8 Å². The summed E-state index contributed by atoms with van der Waals surface area (Å²) in [5.41, 5.74) is 3.28. The number of rotatable bonds is 9. The Kier molecular flexibility index (Phi) is 6.66. The Labute approximate surface area is 149 Å². The Balaban J connectivity index is 2.56. The molecule has 0 saturated carbocycles. The molecule has 2 atom stereocenters. The van der Waals surface area contributed by atoms with Gasteiger partial charge in [0.1, 0.15) is 0 Å². The van der Waals surface area contributed by atoms with Crippen molar-refractivity contribution in [3.63, 3.8) is 0 Å². The van der Waals surface area contributed by atoms with Gasteiger partial charge < -0.3 is 0 Å². The zero-order valence-electron chi connectivity index (χ0n) is 16.0. The monoisotopic (exact) mass is 322 g/mol. The fraction of sp³-hybridized carbons (Fsp3) is 0.500. The van der Waals surface area contributed by atoms with Gasteiger partial charge in [-0.3, -0.25) is 0 Å². The SMILES string of the molecule is CCCCC(C)(c1ccccc1)C(C)(CCCC)c1ccccc1. The average Bonchev–Trinajstić information content (AvgIpc) is 2.65. The molecule has 0 N–H and O–H groups in total. The highest BCUT2D eigenvalue weighted by Crippen LogP contribution is 2.50. The van der Waals surface area contributed by atoms with E-state index in [1.165, 1.54) is 49.7 Å². The third-order valence-electron chi connectivity index (χ3n) is 6.10. The van der Waals surface area contributed by atoms with Crippen LogP contribution < -0.4 is 0 Å². The molecule has 0 spiro atoms. The normalized spacial score (nSPS) is 16.3. The molecule has 0 bridgehead atoms. The van der Waals surface area contributed by atoms with Crippen LogP contribution in [-0.4, -0.2) is 0 Å². The largest absolute Gasteiger partial charge is 0.0654 e. The first-order valence-corrected chi connectivity index (χ1v) is 9.69. The summed E-state index contributed by atoms with van der Waals surface area (Å²) in [5, 5.41) is 0. The molecule has 0 fully saturated rings. The minimum absolute atomic E-state index is 0.154. The zero-order valence-corrected chi connectivity index (χ0v) is 16.0. The number of hydrogen-bond acceptors (Lipinski definition) is 0. The van der Waals surface area contributed by atoms with Crippen LogP contribution in [0.2, 0.25) is 0 Å². The van der Waals surface area contributed by atoms with E-state index in [9.17, 15) is 0 Å². The Morgan fingerprint density at radius 3 is 1.21 bits per heavy atom. The highest BCUT2D eigenvalue weighted by molar-refractivity contribution is 5.37. The number of benzene rings is 2. The molecule has 24 heavy (non-hydrogen) atoms. The fourth-order valence-corrected chi connectivity index (χ4v) is 4.15. The van der Waals surface area contributed by atoms with E-state index < -0.39 is 0 Å². The summed E-state index contributed by atoms with van der Waals surface area (Å²) in [4.78, 5) is 0. The lowest BCUT2D eigenvalue weighted by Crippen LogP contribution is -2.45. The predicted molar refractivity (Wildman–Crippen MR) is 107 cm³/mol. The van der Waals surface area contributed by atoms with Gasteiger partial charge in [0, 0.05) is 10.8 Å². The van der Waals surface area contributed by atoms with Crippen LogP contribution in [0, 0.1) is 0 Å². The topological polar surface area (TPSA) is 0 Å². The van der Waals surface area contributed by atoms with Crippen LogP contribution in [0.15, 0.2) is 60.7 Å². The van der Waals surface area contributed by atoms with Gasteiger partial charge in [0.05, 0.1) is 0 Å². The molecule has 0 aliphatic carbocycles. The van der Waals surface area contributed by atoms with Crippen molar-refractivity contribution >= 4 is 0 Å². The summed E-state index contributed by atoms with van der Waals surface area (Å²) in [7, 11) is 0. The predicted octanol–water partition coefficient (Wildman–Crippen LogP) is 7.28. The second-order valence-electron chi connectivity index (χ2n) is 7.60. The molecular weight excluding hydrogens is 288 g/mol. The van der Waals surface area contributed by atoms with Gasteiger partial charge in [-0.25, -0.2) is 0 Å². The van der Waals surface area contributed by atoms with E-state index in [0.717, 1.165) is 0 Å². The van der Waals surface area contributed by atoms with Crippen molar-refractivity contribution in [1.82, 2.24) is 0 Å². The van der Waals surface area contributed by atoms with Gasteiger partial charge in [0.25, 0.3) is 0 Å². The highest BCUT2D eigenvalue weighted by atomic mass is 14.5. The molecule has 0 heterocycles. The van der Waals surface area contributed by atoms with Crippen LogP contribution in [0.3, 0.4) is 0 Å². The van der Waals surface area contributed by atoms with E-state index in [1.54, 1.807) is 0 Å². The lowest BCUT2D eigenvalue weighted by atomic mass is 9.55. The highest BCUT2D eigenvalue weighted by Gasteiger charge is 2.45. The van der Waals surface area contributed by atoms with Crippen molar-refractivity contribution < 1.29 is 0 Å². The van der Waals surface area contributed by atoms with E-state index in [1.807, 2.05) is 0 Å². The molecule has 0 nitrogen and oxygen atoms in total. The minimum Gasteiger partial charge on any atom is -0.0654 e. The van der Waals surface area contributed by atoms with Crippen LogP contribution in [0.4, 0.5) is 0 Å². The number of unbranched alkanes of at least 4 members (excludes halogenated alkanes) is 2. The summed E-state index contributed by atoms with van der Waals surface area (Å²) in [6.07, 6.45) is 7.53. The van der Waals surface area contributed by atoms with Crippen LogP contribution in [0.25, 0.3) is 0 Å². The van der Waals surface area contributed by atoms with Gasteiger partial charge in [-0.05, 0) is 24.0 Å². The molecule has 0 amide bonds. The van der Waals surface area contributed by atoms with Gasteiger partial charge in [0.15, 0.2) is 0 Å². The van der Waals surface area contributed by atoms with Crippen molar-refractivity contribution in [3.8, 4) is 0 Å². The van der Waals surface area contributed by atoms with Gasteiger partial charge in [-0.1, -0.05) is 114 Å². The van der Waals surface area contributed by atoms with E-state index >= 15 is 0 Å². The first-order valence-electron chi connectivity index (χ1n) is 9.69. The minimum atomic E-state index is 0.154. The van der Waals surface area contributed by atoms with Gasteiger partial charge >= 0.3 is 0 Å². The van der Waals surface area contributed by atoms with E-state index in [-0.39, 0.29) is 10.8 Å². The third kappa shape index (κ3) is 3.74. The lowest BCUT2D eigenvalue weighted by molar-refractivity contribution is 0.210. The molecule has 0 radical (unpaired) electrons. The molecule has 130 valence electrons. The van der Waals surface area contributed by atoms with Crippen LogP contribution in [-0.2, 0) is 10.8 Å². The van der Waals surface area contributed by atoms with Crippen molar-refractivity contribution in [1.29, 1.82) is 0 Å². The van der Waals surface area contributed by atoms with E-state index in [4.69, 9.17) is 0 Å². The smallest absolute Gasteiger partial charge is 0.00189 e. The quantitative estimate of drug-likeness (QED) is 0.455. The molecule has 0 heteroatoms. The summed E-state index contributed by atoms with van der Waals surface area (Å²) >= 11 is 0. The van der Waals surface area contributed by atoms with E-state index in [0.29, 0.717) is 0 Å². The van der Waals surface area contributed by atoms with Crippen LogP contribution in [0.5, 0.6) is 0 Å². The third-order valence-corrected chi connectivity index (χ3v) is 6.10. The molecule has 2 aromatic carbocycles. The second kappa shape index (κ2) is 8.51. The van der Waals surface area contributed by atoms with Gasteiger partial charge in [0.2, 0.25) is 0 Å². The lowest BCUT2D eigenvalue weighted by Gasteiger charge is -2.48. The van der Waals surface area contributed by atoms with Gasteiger partial charge in [-0.15, -0.1) is 0 Å². The average molecular weight is 323 g/mol. The molecule has 0 aromatic heterocycles. The standard InChI is InChI=1S/C24H34/c1-5-7-19-23(3,21-15-11-9-12-16-21)24(4,20-8-6-2)22-17-13-10-14-18-22/h9-18H,5-8,19-20H2,1-4H3. The van der Waals surface area contributed by atoms with Crippen molar-refractivity contribution in [2.45, 2.75) is 77.0 Å². The van der Waals surface area contributed by atoms with Crippen molar-refractivity contribution in [2.75, 3.05) is 0 Å². The fourth-order valence-electron chi connectivity index (χ4n) is 4.15. The molecule has 2 aromatic rings. The molecule has 0 aliphatic heterocycles. The maximum Gasteiger partial charge on any atom is 0.00189 e. The Hall–Kier alpha value is -1.56. The maximum absolute atomic E-state index is 2.50. The molecule has 0 aliphatic rings. The molecule has 2 unspecified atom stereocenters. The molecular formula is C24H34. The molecule has 0 saturated heterocycles. The van der Waals surface area contributed by atoms with Crippen LogP contribution in [0.1, 0.15) is 77.3 Å². The van der Waals surface area contributed by atoms with Gasteiger partial charge in [-0.2, -0.15) is 0 Å². The summed E-state index contributed by atoms with van der Waals surface area (Å²) in [6, 6.07) is 22.4. The second-order valence-corrected chi connectivity index (χ2v) is 7.60.